The van der Waals surface area contributed by atoms with Gasteiger partial charge in [0.15, 0.2) is 0 Å². The van der Waals surface area contributed by atoms with Gasteiger partial charge >= 0.3 is 0 Å². The van der Waals surface area contributed by atoms with Crippen molar-refractivity contribution in [1.29, 1.82) is 5.41 Å². The van der Waals surface area contributed by atoms with Crippen molar-refractivity contribution in [2.45, 2.75) is 18.7 Å². The van der Waals surface area contributed by atoms with Gasteiger partial charge in [0.05, 0.1) is 5.69 Å². The lowest BCUT2D eigenvalue weighted by atomic mass is 10.1. The molecule has 0 aromatic heterocycles. The Morgan fingerprint density at radius 3 is 2.52 bits per heavy atom. The number of para-hydroxylation sites is 1. The van der Waals surface area contributed by atoms with Gasteiger partial charge in [0, 0.05) is 17.0 Å². The second kappa shape index (κ2) is 9.10. The van der Waals surface area contributed by atoms with Gasteiger partial charge in [-0.2, -0.15) is 0 Å². The van der Waals surface area contributed by atoms with E-state index in [9.17, 15) is 0 Å². The highest BCUT2D eigenvalue weighted by Gasteiger charge is 1.96. The summed E-state index contributed by atoms with van der Waals surface area (Å²) in [6.45, 7) is 7.52. The third-order valence-corrected chi connectivity index (χ3v) is 3.69. The first-order valence-electron chi connectivity index (χ1n) is 6.58. The second-order valence-electron chi connectivity index (χ2n) is 4.44. The van der Waals surface area contributed by atoms with Gasteiger partial charge in [-0.3, -0.25) is 4.99 Å². The van der Waals surface area contributed by atoms with Crippen LogP contribution in [-0.2, 0) is 0 Å². The van der Waals surface area contributed by atoms with E-state index in [0.29, 0.717) is 5.88 Å². The summed E-state index contributed by atoms with van der Waals surface area (Å²) in [4.78, 5) is 4.95. The maximum absolute atomic E-state index is 7.06. The molecule has 0 unspecified atom stereocenters. The average Bonchev–Trinajstić information content (AvgIpc) is 2.51. The molecule has 3 N–H and O–H groups in total. The van der Waals surface area contributed by atoms with Crippen LogP contribution in [0.3, 0.4) is 0 Å². The number of nitrogens with two attached hydrogens (primary N) is 1. The zero-order valence-electron chi connectivity index (χ0n) is 12.5. The Morgan fingerprint density at radius 1 is 1.24 bits per heavy atom. The Hall–Kier alpha value is -1.91. The van der Waals surface area contributed by atoms with Crippen molar-refractivity contribution in [2.75, 3.05) is 5.88 Å². The number of nitrogens with one attached hydrogen (secondary N) is 1. The Kier molecular flexibility index (Phi) is 7.43. The van der Waals surface area contributed by atoms with Gasteiger partial charge < -0.3 is 11.1 Å². The highest BCUT2D eigenvalue weighted by molar-refractivity contribution is 7.99. The highest BCUT2D eigenvalue weighted by atomic mass is 32.2. The van der Waals surface area contributed by atoms with Crippen molar-refractivity contribution < 1.29 is 0 Å². The molecule has 0 aliphatic carbocycles. The Bertz CT molecular complexity index is 609. The fourth-order valence-corrected chi connectivity index (χ4v) is 2.35. The number of hydrogen-bond acceptors (Lipinski definition) is 4. The fourth-order valence-electron chi connectivity index (χ4n) is 1.72. The van der Waals surface area contributed by atoms with Crippen molar-refractivity contribution in [2.24, 2.45) is 10.7 Å². The van der Waals surface area contributed by atoms with Crippen molar-refractivity contribution in [3.63, 3.8) is 0 Å². The summed E-state index contributed by atoms with van der Waals surface area (Å²) < 4.78 is 0. The van der Waals surface area contributed by atoms with Crippen LogP contribution in [0.1, 0.15) is 16.7 Å². The lowest BCUT2D eigenvalue weighted by molar-refractivity contribution is 1.34. The standard InChI is InChI=1S/C9H11N.C8H10N2S/c1-7-3-4-8(2)9(5-7)6-10;1-10-7-4-2-3-5-8(7)11-6-9/h3-6,10H,1-2H3;2-5H,1,6,9H2. The van der Waals surface area contributed by atoms with Crippen LogP contribution >= 0.6 is 11.8 Å². The van der Waals surface area contributed by atoms with E-state index in [1.165, 1.54) is 17.3 Å². The molecule has 0 radical (unpaired) electrons. The molecule has 3 nitrogen and oxygen atoms in total. The maximum Gasteiger partial charge on any atom is 0.0758 e. The van der Waals surface area contributed by atoms with Crippen LogP contribution in [0.15, 0.2) is 52.4 Å². The molecule has 0 spiro atoms. The molecule has 2 aromatic rings. The smallest absolute Gasteiger partial charge is 0.0758 e. The van der Waals surface area contributed by atoms with E-state index in [1.54, 1.807) is 11.8 Å². The predicted molar refractivity (Wildman–Crippen MR) is 94.4 cm³/mol. The van der Waals surface area contributed by atoms with Gasteiger partial charge in [-0.25, -0.2) is 0 Å². The molecular weight excluding hydrogens is 278 g/mol. The minimum Gasteiger partial charge on any atom is -0.322 e. The molecule has 0 amide bonds. The molecule has 0 aliphatic rings. The molecule has 21 heavy (non-hydrogen) atoms. The number of thioether (sulfide) groups is 1. The van der Waals surface area contributed by atoms with E-state index in [1.807, 2.05) is 50.2 Å². The number of aliphatic imine (C=N–C) groups is 1. The van der Waals surface area contributed by atoms with Gasteiger partial charge in [-0.05, 0) is 43.8 Å². The molecule has 0 atom stereocenters. The number of rotatable bonds is 4. The topological polar surface area (TPSA) is 62.2 Å². The van der Waals surface area contributed by atoms with Gasteiger partial charge in [0.2, 0.25) is 0 Å². The Balaban J connectivity index is 0.000000211. The van der Waals surface area contributed by atoms with Crippen molar-refractivity contribution >= 4 is 30.4 Å². The third-order valence-electron chi connectivity index (χ3n) is 2.86. The van der Waals surface area contributed by atoms with Gasteiger partial charge in [-0.15, -0.1) is 11.8 Å². The van der Waals surface area contributed by atoms with E-state index >= 15 is 0 Å². The normalized spacial score (nSPS) is 9.48. The summed E-state index contributed by atoms with van der Waals surface area (Å²) in [6, 6.07) is 13.9. The fraction of sp³-hybridized carbons (Fsp3) is 0.176. The van der Waals surface area contributed by atoms with Crippen LogP contribution in [-0.4, -0.2) is 18.8 Å². The van der Waals surface area contributed by atoms with Crippen LogP contribution in [0.25, 0.3) is 0 Å². The van der Waals surface area contributed by atoms with Crippen LogP contribution in [0, 0.1) is 19.3 Å². The molecule has 0 heterocycles. The molecular formula is C17H21N3S. The summed E-state index contributed by atoms with van der Waals surface area (Å²) in [5.41, 5.74) is 9.68. The van der Waals surface area contributed by atoms with Crippen LogP contribution < -0.4 is 5.73 Å². The largest absolute Gasteiger partial charge is 0.322 e. The van der Waals surface area contributed by atoms with Crippen LogP contribution in [0.4, 0.5) is 5.69 Å². The van der Waals surface area contributed by atoms with Crippen molar-refractivity contribution in [3.8, 4) is 0 Å². The minimum atomic E-state index is 0.576. The molecule has 4 heteroatoms. The molecule has 2 rings (SSSR count). The van der Waals surface area contributed by atoms with Crippen molar-refractivity contribution in [1.82, 2.24) is 0 Å². The van der Waals surface area contributed by atoms with Crippen LogP contribution in [0.5, 0.6) is 0 Å². The lowest BCUT2D eigenvalue weighted by Crippen LogP contribution is -1.91. The summed E-state index contributed by atoms with van der Waals surface area (Å²) in [5.74, 6) is 0.576. The lowest BCUT2D eigenvalue weighted by Gasteiger charge is -2.00. The first-order chi connectivity index (χ1) is 10.1. The predicted octanol–water partition coefficient (Wildman–Crippen LogP) is 4.33. The average molecular weight is 299 g/mol. The molecule has 0 saturated heterocycles. The minimum absolute atomic E-state index is 0.576. The quantitative estimate of drug-likeness (QED) is 0.501. The Labute approximate surface area is 130 Å². The zero-order chi connectivity index (χ0) is 15.7. The molecule has 0 aliphatic heterocycles. The monoisotopic (exact) mass is 299 g/mol. The summed E-state index contributed by atoms with van der Waals surface area (Å²) in [5, 5.41) is 7.06. The molecule has 2 aromatic carbocycles. The summed E-state index contributed by atoms with van der Waals surface area (Å²) >= 11 is 1.57. The van der Waals surface area contributed by atoms with Crippen molar-refractivity contribution in [3.05, 3.63) is 59.2 Å². The number of benzene rings is 2. The van der Waals surface area contributed by atoms with Gasteiger partial charge in [0.1, 0.15) is 0 Å². The van der Waals surface area contributed by atoms with E-state index in [0.717, 1.165) is 16.1 Å². The van der Waals surface area contributed by atoms with E-state index < -0.39 is 0 Å². The second-order valence-corrected chi connectivity index (χ2v) is 5.50. The highest BCUT2D eigenvalue weighted by Crippen LogP contribution is 2.27. The maximum atomic E-state index is 7.06. The number of hydrogen-bond donors (Lipinski definition) is 2. The van der Waals surface area contributed by atoms with E-state index in [4.69, 9.17) is 11.1 Å². The first-order valence-corrected chi connectivity index (χ1v) is 7.57. The molecule has 0 fully saturated rings. The van der Waals surface area contributed by atoms with Gasteiger partial charge in [0.25, 0.3) is 0 Å². The Morgan fingerprint density at radius 2 is 1.95 bits per heavy atom. The molecule has 110 valence electrons. The summed E-state index contributed by atoms with van der Waals surface area (Å²) in [7, 11) is 0. The van der Waals surface area contributed by atoms with E-state index in [-0.39, 0.29) is 0 Å². The SMILES string of the molecule is C=Nc1ccccc1SCN.Cc1ccc(C)c(C=N)c1. The van der Waals surface area contributed by atoms with Crippen LogP contribution in [0.2, 0.25) is 0 Å². The van der Waals surface area contributed by atoms with E-state index in [2.05, 4.69) is 17.8 Å². The summed E-state index contributed by atoms with van der Waals surface area (Å²) in [6.07, 6.45) is 1.39. The van der Waals surface area contributed by atoms with Gasteiger partial charge in [-0.1, -0.05) is 35.9 Å². The molecule has 0 bridgehead atoms. The number of aryl methyl sites for hydroxylation is 2. The zero-order valence-corrected chi connectivity index (χ0v) is 13.3. The first kappa shape index (κ1) is 17.1. The third kappa shape index (κ3) is 5.53. The number of nitrogens with zero attached hydrogens (tertiary/aromatic N) is 1. The molecule has 0 saturated carbocycles.